The number of benzene rings is 1. The second kappa shape index (κ2) is 4.18. The van der Waals surface area contributed by atoms with Gasteiger partial charge in [0, 0.05) is 22.5 Å². The summed E-state index contributed by atoms with van der Waals surface area (Å²) >= 11 is 4.03. The minimum Gasteiger partial charge on any atom is -0.360 e. The van der Waals surface area contributed by atoms with Gasteiger partial charge in [-0.25, -0.2) is 4.21 Å². The Morgan fingerprint density at radius 2 is 2.07 bits per heavy atom. The lowest BCUT2D eigenvalue weighted by atomic mass is 10.1. The lowest BCUT2D eigenvalue weighted by molar-refractivity contribution is 0.564. The van der Waals surface area contributed by atoms with Crippen molar-refractivity contribution in [3.63, 3.8) is 0 Å². The first-order valence-electron chi connectivity index (χ1n) is 4.22. The van der Waals surface area contributed by atoms with Crippen molar-refractivity contribution in [2.75, 3.05) is 0 Å². The Labute approximate surface area is 94.4 Å². The SMILES string of the molecule is O=S(O)c1c[nH]c(-c2ccccc2Cl)c1. The van der Waals surface area contributed by atoms with E-state index in [-0.39, 0.29) is 0 Å². The van der Waals surface area contributed by atoms with E-state index in [1.807, 2.05) is 18.2 Å². The molecule has 0 saturated heterocycles. The minimum atomic E-state index is -1.96. The summed E-state index contributed by atoms with van der Waals surface area (Å²) in [6, 6.07) is 8.92. The molecule has 0 spiro atoms. The van der Waals surface area contributed by atoms with Crippen LogP contribution in [0, 0.1) is 0 Å². The van der Waals surface area contributed by atoms with Gasteiger partial charge in [0.25, 0.3) is 0 Å². The van der Waals surface area contributed by atoms with Crippen molar-refractivity contribution >= 4 is 22.7 Å². The average molecular weight is 242 g/mol. The minimum absolute atomic E-state index is 0.338. The maximum Gasteiger partial charge on any atom is 0.188 e. The fourth-order valence-corrected chi connectivity index (χ4v) is 1.93. The first-order valence-corrected chi connectivity index (χ1v) is 5.71. The molecule has 3 nitrogen and oxygen atoms in total. The Bertz CT molecular complexity index is 510. The summed E-state index contributed by atoms with van der Waals surface area (Å²) in [6.45, 7) is 0. The van der Waals surface area contributed by atoms with Gasteiger partial charge < -0.3 is 9.54 Å². The van der Waals surface area contributed by atoms with Crippen LogP contribution in [-0.2, 0) is 11.1 Å². The molecule has 2 aromatic rings. The van der Waals surface area contributed by atoms with E-state index in [0.717, 1.165) is 11.3 Å². The molecule has 1 atom stereocenters. The number of hydrogen-bond acceptors (Lipinski definition) is 1. The number of rotatable bonds is 2. The molecule has 5 heteroatoms. The number of H-pyrrole nitrogens is 1. The summed E-state index contributed by atoms with van der Waals surface area (Å²) in [7, 11) is 0. The van der Waals surface area contributed by atoms with Gasteiger partial charge >= 0.3 is 0 Å². The Balaban J connectivity index is 2.46. The molecule has 0 radical (unpaired) electrons. The van der Waals surface area contributed by atoms with Gasteiger partial charge in [0.05, 0.1) is 4.90 Å². The van der Waals surface area contributed by atoms with Crippen molar-refractivity contribution in [1.29, 1.82) is 0 Å². The third-order valence-electron chi connectivity index (χ3n) is 2.02. The lowest BCUT2D eigenvalue weighted by Crippen LogP contribution is -1.82. The Morgan fingerprint density at radius 3 is 2.67 bits per heavy atom. The quantitative estimate of drug-likeness (QED) is 0.795. The van der Waals surface area contributed by atoms with Crippen molar-refractivity contribution in [2.24, 2.45) is 0 Å². The van der Waals surface area contributed by atoms with E-state index >= 15 is 0 Å². The van der Waals surface area contributed by atoms with Crippen LogP contribution < -0.4 is 0 Å². The molecule has 2 rings (SSSR count). The van der Waals surface area contributed by atoms with Crippen LogP contribution in [0.3, 0.4) is 0 Å². The molecular weight excluding hydrogens is 234 g/mol. The predicted octanol–water partition coefficient (Wildman–Crippen LogP) is 2.92. The average Bonchev–Trinajstić information content (AvgIpc) is 2.67. The van der Waals surface area contributed by atoms with Crippen LogP contribution in [0.1, 0.15) is 0 Å². The fraction of sp³-hybridized carbons (Fsp3) is 0. The van der Waals surface area contributed by atoms with Gasteiger partial charge in [-0.1, -0.05) is 29.8 Å². The largest absolute Gasteiger partial charge is 0.360 e. The van der Waals surface area contributed by atoms with E-state index in [4.69, 9.17) is 16.2 Å². The van der Waals surface area contributed by atoms with Gasteiger partial charge in [-0.2, -0.15) is 0 Å². The molecule has 0 aliphatic heterocycles. The monoisotopic (exact) mass is 241 g/mol. The van der Waals surface area contributed by atoms with Crippen LogP contribution in [0.2, 0.25) is 5.02 Å². The van der Waals surface area contributed by atoms with Crippen molar-refractivity contribution in [1.82, 2.24) is 4.98 Å². The first kappa shape index (κ1) is 10.4. The number of hydrogen-bond donors (Lipinski definition) is 2. The zero-order chi connectivity index (χ0) is 10.8. The molecular formula is C10H8ClNO2S. The van der Waals surface area contributed by atoms with Crippen molar-refractivity contribution < 1.29 is 8.76 Å². The van der Waals surface area contributed by atoms with E-state index in [9.17, 15) is 4.21 Å². The van der Waals surface area contributed by atoms with E-state index in [2.05, 4.69) is 4.98 Å². The molecule has 1 aromatic carbocycles. The van der Waals surface area contributed by atoms with Gasteiger partial charge in [-0.3, -0.25) is 0 Å². The number of halogens is 1. The molecule has 15 heavy (non-hydrogen) atoms. The van der Waals surface area contributed by atoms with Crippen LogP contribution in [0.5, 0.6) is 0 Å². The maximum absolute atomic E-state index is 10.8. The Kier molecular flexibility index (Phi) is 2.90. The topological polar surface area (TPSA) is 53.1 Å². The molecule has 0 fully saturated rings. The van der Waals surface area contributed by atoms with Crippen LogP contribution in [0.15, 0.2) is 41.4 Å². The van der Waals surface area contributed by atoms with Gasteiger partial charge in [0.15, 0.2) is 11.1 Å². The van der Waals surface area contributed by atoms with Crippen LogP contribution in [0.4, 0.5) is 0 Å². The highest BCUT2D eigenvalue weighted by Gasteiger charge is 2.07. The molecule has 2 N–H and O–H groups in total. The Hall–Kier alpha value is -1.10. The molecule has 78 valence electrons. The molecule has 0 saturated carbocycles. The summed E-state index contributed by atoms with van der Waals surface area (Å²) in [4.78, 5) is 3.24. The molecule has 0 amide bonds. The highest BCUT2D eigenvalue weighted by atomic mass is 35.5. The van der Waals surface area contributed by atoms with Crippen molar-refractivity contribution in [3.05, 3.63) is 41.6 Å². The van der Waals surface area contributed by atoms with Crippen LogP contribution in [0.25, 0.3) is 11.3 Å². The van der Waals surface area contributed by atoms with E-state index in [1.165, 1.54) is 6.20 Å². The maximum atomic E-state index is 10.8. The number of aromatic nitrogens is 1. The fourth-order valence-electron chi connectivity index (χ4n) is 1.31. The van der Waals surface area contributed by atoms with Gasteiger partial charge in [-0.05, 0) is 12.1 Å². The van der Waals surface area contributed by atoms with Gasteiger partial charge in [0.1, 0.15) is 0 Å². The molecule has 0 bridgehead atoms. The summed E-state index contributed by atoms with van der Waals surface area (Å²) < 4.78 is 19.7. The second-order valence-electron chi connectivity index (χ2n) is 2.98. The highest BCUT2D eigenvalue weighted by Crippen LogP contribution is 2.27. The third-order valence-corrected chi connectivity index (χ3v) is 2.99. The second-order valence-corrected chi connectivity index (χ2v) is 4.35. The normalized spacial score (nSPS) is 12.7. The summed E-state index contributed by atoms with van der Waals surface area (Å²) in [5.74, 6) is 0. The third kappa shape index (κ3) is 2.12. The number of nitrogens with one attached hydrogen (secondary N) is 1. The summed E-state index contributed by atoms with van der Waals surface area (Å²) in [6.07, 6.45) is 1.49. The first-order chi connectivity index (χ1) is 7.18. The van der Waals surface area contributed by atoms with Crippen molar-refractivity contribution in [2.45, 2.75) is 4.90 Å². The highest BCUT2D eigenvalue weighted by molar-refractivity contribution is 7.79. The summed E-state index contributed by atoms with van der Waals surface area (Å²) in [5, 5.41) is 0.606. The molecule has 1 unspecified atom stereocenters. The van der Waals surface area contributed by atoms with Crippen LogP contribution >= 0.6 is 11.6 Å². The molecule has 1 aromatic heterocycles. The molecule has 0 aliphatic rings. The predicted molar refractivity (Wildman–Crippen MR) is 60.3 cm³/mol. The van der Waals surface area contributed by atoms with E-state index in [0.29, 0.717) is 9.92 Å². The van der Waals surface area contributed by atoms with E-state index < -0.39 is 11.1 Å². The van der Waals surface area contributed by atoms with Crippen LogP contribution in [-0.4, -0.2) is 13.7 Å². The number of aromatic amines is 1. The standard InChI is InChI=1S/C10H8ClNO2S/c11-9-4-2-1-3-8(9)10-5-7(6-12-10)15(13)14/h1-6,12H,(H,13,14). The zero-order valence-corrected chi connectivity index (χ0v) is 9.18. The Morgan fingerprint density at radius 1 is 1.33 bits per heavy atom. The van der Waals surface area contributed by atoms with Gasteiger partial charge in [-0.15, -0.1) is 0 Å². The van der Waals surface area contributed by atoms with Crippen molar-refractivity contribution in [3.8, 4) is 11.3 Å². The lowest BCUT2D eigenvalue weighted by Gasteiger charge is -1.99. The molecule has 0 aliphatic carbocycles. The zero-order valence-electron chi connectivity index (χ0n) is 7.61. The smallest absolute Gasteiger partial charge is 0.188 e. The molecule has 1 heterocycles. The van der Waals surface area contributed by atoms with E-state index in [1.54, 1.807) is 12.1 Å². The summed E-state index contributed by atoms with van der Waals surface area (Å²) in [5.41, 5.74) is 1.55. The van der Waals surface area contributed by atoms with Gasteiger partial charge in [0.2, 0.25) is 0 Å².